The first-order valence-corrected chi connectivity index (χ1v) is 6.71. The van der Waals surface area contributed by atoms with Crippen LogP contribution >= 0.6 is 0 Å². The predicted molar refractivity (Wildman–Crippen MR) is 71.7 cm³/mol. The highest BCUT2D eigenvalue weighted by molar-refractivity contribution is 5.56. The first-order valence-electron chi connectivity index (χ1n) is 6.71. The molecule has 0 atom stereocenters. The number of halogens is 2. The topological polar surface area (TPSA) is 29.3 Å². The first-order chi connectivity index (χ1) is 9.56. The highest BCUT2D eigenvalue weighted by Gasteiger charge is 2.22. The van der Waals surface area contributed by atoms with Crippen LogP contribution in [0.1, 0.15) is 29.0 Å². The quantitative estimate of drug-likeness (QED) is 0.841. The second kappa shape index (κ2) is 4.89. The van der Waals surface area contributed by atoms with Crippen molar-refractivity contribution in [3.8, 4) is 0 Å². The number of nitrogens with zero attached hydrogens (tertiary/aromatic N) is 2. The molecule has 3 rings (SSSR count). The third-order valence-corrected chi connectivity index (χ3v) is 3.87. The van der Waals surface area contributed by atoms with E-state index in [2.05, 4.69) is 10.1 Å². The number of aryl methyl sites for hydroxylation is 3. The van der Waals surface area contributed by atoms with Crippen molar-refractivity contribution < 1.29 is 13.3 Å². The van der Waals surface area contributed by atoms with Crippen LogP contribution in [0.2, 0.25) is 0 Å². The third kappa shape index (κ3) is 2.17. The van der Waals surface area contributed by atoms with E-state index in [1.165, 1.54) is 12.1 Å². The smallest absolute Gasteiger partial charge is 0.160 e. The summed E-state index contributed by atoms with van der Waals surface area (Å²) < 4.78 is 32.0. The fourth-order valence-corrected chi connectivity index (χ4v) is 2.74. The van der Waals surface area contributed by atoms with Gasteiger partial charge in [-0.2, -0.15) is 0 Å². The maximum atomic E-state index is 13.5. The van der Waals surface area contributed by atoms with E-state index in [1.807, 2.05) is 13.8 Å². The van der Waals surface area contributed by atoms with Crippen molar-refractivity contribution in [2.75, 3.05) is 11.4 Å². The van der Waals surface area contributed by atoms with Gasteiger partial charge in [-0.15, -0.1) is 0 Å². The van der Waals surface area contributed by atoms with E-state index in [9.17, 15) is 8.78 Å². The van der Waals surface area contributed by atoms with Crippen molar-refractivity contribution in [1.29, 1.82) is 0 Å². The zero-order valence-electron chi connectivity index (χ0n) is 11.5. The molecule has 2 aromatic rings. The summed E-state index contributed by atoms with van der Waals surface area (Å²) in [4.78, 5) is 2.06. The Morgan fingerprint density at radius 3 is 2.70 bits per heavy atom. The average molecular weight is 278 g/mol. The molecular weight excluding hydrogens is 262 g/mol. The Kier molecular flexibility index (Phi) is 3.20. The summed E-state index contributed by atoms with van der Waals surface area (Å²) in [5.74, 6) is -0.797. The van der Waals surface area contributed by atoms with Gasteiger partial charge in [-0.25, -0.2) is 8.78 Å². The number of aromatic nitrogens is 1. The van der Waals surface area contributed by atoms with Crippen LogP contribution in [0.5, 0.6) is 0 Å². The molecule has 0 aliphatic carbocycles. The predicted octanol–water partition coefficient (Wildman–Crippen LogP) is 3.52. The van der Waals surface area contributed by atoms with Crippen LogP contribution in [0.3, 0.4) is 0 Å². The van der Waals surface area contributed by atoms with Crippen molar-refractivity contribution in [2.45, 2.75) is 33.2 Å². The summed E-state index contributed by atoms with van der Waals surface area (Å²) in [5, 5.41) is 3.93. The molecule has 20 heavy (non-hydrogen) atoms. The van der Waals surface area contributed by atoms with E-state index in [1.54, 1.807) is 0 Å². The Bertz CT molecular complexity index is 632. The molecular formula is C15H16F2N2O. The van der Waals surface area contributed by atoms with Gasteiger partial charge in [-0.3, -0.25) is 0 Å². The zero-order valence-corrected chi connectivity index (χ0v) is 11.5. The highest BCUT2D eigenvalue weighted by atomic mass is 19.2. The molecule has 0 fully saturated rings. The summed E-state index contributed by atoms with van der Waals surface area (Å²) in [7, 11) is 0. The Morgan fingerprint density at radius 2 is 2.00 bits per heavy atom. The normalized spacial score (nSPS) is 14.5. The number of rotatable bonds is 2. The molecule has 1 aliphatic heterocycles. The summed E-state index contributed by atoms with van der Waals surface area (Å²) in [6.07, 6.45) is 1.71. The van der Waals surface area contributed by atoms with Crippen molar-refractivity contribution in [2.24, 2.45) is 0 Å². The van der Waals surface area contributed by atoms with Gasteiger partial charge >= 0.3 is 0 Å². The molecule has 0 amide bonds. The molecule has 0 bridgehead atoms. The van der Waals surface area contributed by atoms with Crippen molar-refractivity contribution in [3.63, 3.8) is 0 Å². The molecule has 0 N–H and O–H groups in total. The van der Waals surface area contributed by atoms with E-state index in [0.717, 1.165) is 47.7 Å². The molecule has 2 heterocycles. The van der Waals surface area contributed by atoms with Gasteiger partial charge in [0.05, 0.1) is 5.69 Å². The molecule has 0 radical (unpaired) electrons. The van der Waals surface area contributed by atoms with Crippen LogP contribution in [0.25, 0.3) is 0 Å². The molecule has 0 unspecified atom stereocenters. The molecule has 0 saturated heterocycles. The summed E-state index contributed by atoms with van der Waals surface area (Å²) in [6, 6.07) is 2.60. The molecule has 1 aliphatic rings. The van der Waals surface area contributed by atoms with E-state index >= 15 is 0 Å². The Morgan fingerprint density at radius 1 is 1.25 bits per heavy atom. The lowest BCUT2D eigenvalue weighted by Gasteiger charge is -2.31. The van der Waals surface area contributed by atoms with Crippen molar-refractivity contribution in [1.82, 2.24) is 5.16 Å². The number of hydrogen-bond acceptors (Lipinski definition) is 3. The minimum Gasteiger partial charge on any atom is -0.367 e. The Balaban J connectivity index is 1.96. The van der Waals surface area contributed by atoms with Crippen LogP contribution in [-0.4, -0.2) is 11.7 Å². The van der Waals surface area contributed by atoms with Gasteiger partial charge in [0.25, 0.3) is 0 Å². The molecule has 106 valence electrons. The maximum Gasteiger partial charge on any atom is 0.160 e. The average Bonchev–Trinajstić information content (AvgIpc) is 2.73. The fraction of sp³-hybridized carbons (Fsp3) is 0.400. The van der Waals surface area contributed by atoms with E-state index in [4.69, 9.17) is 4.52 Å². The van der Waals surface area contributed by atoms with Gasteiger partial charge in [0.1, 0.15) is 5.76 Å². The van der Waals surface area contributed by atoms with Gasteiger partial charge in [-0.1, -0.05) is 5.16 Å². The second-order valence-electron chi connectivity index (χ2n) is 5.22. The molecule has 1 aromatic heterocycles. The lowest BCUT2D eigenvalue weighted by molar-refractivity contribution is 0.392. The van der Waals surface area contributed by atoms with Crippen molar-refractivity contribution >= 4 is 5.69 Å². The molecule has 3 nitrogen and oxygen atoms in total. The standard InChI is InChI=1S/C15H16F2N2O/c1-9-12(10(2)20-18-9)8-19-5-3-4-11-6-13(16)14(17)7-15(11)19/h6-7H,3-5,8H2,1-2H3. The molecule has 0 spiro atoms. The molecule has 0 saturated carbocycles. The van der Waals surface area contributed by atoms with Crippen LogP contribution in [0, 0.1) is 25.5 Å². The van der Waals surface area contributed by atoms with Gasteiger partial charge in [0, 0.05) is 30.4 Å². The van der Waals surface area contributed by atoms with Crippen LogP contribution < -0.4 is 4.90 Å². The summed E-state index contributed by atoms with van der Waals surface area (Å²) in [6.45, 7) is 5.19. The van der Waals surface area contributed by atoms with Crippen LogP contribution in [-0.2, 0) is 13.0 Å². The monoisotopic (exact) mass is 278 g/mol. The minimum atomic E-state index is -0.797. The van der Waals surface area contributed by atoms with Crippen molar-refractivity contribution in [3.05, 3.63) is 46.3 Å². The summed E-state index contributed by atoms with van der Waals surface area (Å²) in [5.41, 5.74) is 3.50. The number of hydrogen-bond donors (Lipinski definition) is 0. The van der Waals surface area contributed by atoms with E-state index in [0.29, 0.717) is 6.54 Å². The van der Waals surface area contributed by atoms with Crippen LogP contribution in [0.4, 0.5) is 14.5 Å². The maximum absolute atomic E-state index is 13.5. The lowest BCUT2D eigenvalue weighted by atomic mass is 10.0. The fourth-order valence-electron chi connectivity index (χ4n) is 2.74. The first kappa shape index (κ1) is 13.1. The second-order valence-corrected chi connectivity index (χ2v) is 5.22. The molecule has 5 heteroatoms. The minimum absolute atomic E-state index is 0.610. The number of fused-ring (bicyclic) bond motifs is 1. The van der Waals surface area contributed by atoms with Crippen LogP contribution in [0.15, 0.2) is 16.7 Å². The summed E-state index contributed by atoms with van der Waals surface area (Å²) >= 11 is 0. The Hall–Kier alpha value is -1.91. The van der Waals surface area contributed by atoms with Gasteiger partial charge in [-0.05, 0) is 38.3 Å². The highest BCUT2D eigenvalue weighted by Crippen LogP contribution is 2.31. The SMILES string of the molecule is Cc1noc(C)c1CN1CCCc2cc(F)c(F)cc21. The van der Waals surface area contributed by atoms with Gasteiger partial charge in [0.2, 0.25) is 0 Å². The lowest BCUT2D eigenvalue weighted by Crippen LogP contribution is -2.29. The van der Waals surface area contributed by atoms with E-state index in [-0.39, 0.29) is 0 Å². The van der Waals surface area contributed by atoms with Gasteiger partial charge in [0.15, 0.2) is 11.6 Å². The molecule has 1 aromatic carbocycles. The number of benzene rings is 1. The Labute approximate surface area is 116 Å². The number of anilines is 1. The van der Waals surface area contributed by atoms with Gasteiger partial charge < -0.3 is 9.42 Å². The largest absolute Gasteiger partial charge is 0.367 e. The zero-order chi connectivity index (χ0) is 14.3. The third-order valence-electron chi connectivity index (χ3n) is 3.87. The van der Waals surface area contributed by atoms with E-state index < -0.39 is 11.6 Å².